The Morgan fingerprint density at radius 3 is 2.53 bits per heavy atom. The smallest absolute Gasteiger partial charge is 0.307 e. The van der Waals surface area contributed by atoms with E-state index in [2.05, 4.69) is 4.72 Å². The standard InChI is InChI=1S/C9H10Cl2N2O5S/c1-5(4-14)12-19(17,18)7-3-2-6(10)9(8(7)11)13(15)16/h2-3,5,12,14H,4H2,1H3/t5-/m1/s1. The molecule has 0 radical (unpaired) electrons. The van der Waals surface area contributed by atoms with E-state index in [0.717, 1.165) is 12.1 Å². The van der Waals surface area contributed by atoms with E-state index in [1.807, 2.05) is 0 Å². The normalized spacial score (nSPS) is 13.3. The summed E-state index contributed by atoms with van der Waals surface area (Å²) < 4.78 is 26.0. The third kappa shape index (κ3) is 3.54. The molecule has 0 bridgehead atoms. The van der Waals surface area contributed by atoms with Crippen LogP contribution in [0.1, 0.15) is 6.92 Å². The van der Waals surface area contributed by atoms with Crippen LogP contribution in [0.5, 0.6) is 0 Å². The summed E-state index contributed by atoms with van der Waals surface area (Å²) in [5.41, 5.74) is -0.678. The lowest BCUT2D eigenvalue weighted by molar-refractivity contribution is -0.384. The highest BCUT2D eigenvalue weighted by molar-refractivity contribution is 7.89. The lowest BCUT2D eigenvalue weighted by Crippen LogP contribution is -2.35. The molecule has 0 amide bonds. The number of nitrogens with zero attached hydrogens (tertiary/aromatic N) is 1. The molecule has 7 nitrogen and oxygen atoms in total. The van der Waals surface area contributed by atoms with Crippen LogP contribution in [0.25, 0.3) is 0 Å². The van der Waals surface area contributed by atoms with Gasteiger partial charge >= 0.3 is 5.69 Å². The third-order valence-corrected chi connectivity index (χ3v) is 4.57. The molecule has 1 atom stereocenters. The summed E-state index contributed by atoms with van der Waals surface area (Å²) in [5, 5.41) is 18.8. The Hall–Kier alpha value is -0.930. The van der Waals surface area contributed by atoms with Gasteiger partial charge in [0.1, 0.15) is 14.9 Å². The minimum Gasteiger partial charge on any atom is -0.395 e. The van der Waals surface area contributed by atoms with Crippen LogP contribution in [0.15, 0.2) is 17.0 Å². The summed E-state index contributed by atoms with van der Waals surface area (Å²) in [4.78, 5) is 9.45. The molecular formula is C9H10Cl2N2O5S. The van der Waals surface area contributed by atoms with E-state index in [9.17, 15) is 18.5 Å². The van der Waals surface area contributed by atoms with Gasteiger partial charge < -0.3 is 5.11 Å². The second-order valence-corrected chi connectivity index (χ2v) is 6.14. The second kappa shape index (κ2) is 6.02. The van der Waals surface area contributed by atoms with Gasteiger partial charge in [-0.2, -0.15) is 0 Å². The molecule has 0 aliphatic carbocycles. The van der Waals surface area contributed by atoms with E-state index >= 15 is 0 Å². The Bertz CT molecular complexity index is 605. The Balaban J connectivity index is 3.37. The van der Waals surface area contributed by atoms with Crippen LogP contribution < -0.4 is 4.72 Å². The number of aliphatic hydroxyl groups excluding tert-OH is 1. The van der Waals surface area contributed by atoms with Gasteiger partial charge in [-0.05, 0) is 19.1 Å². The fourth-order valence-electron chi connectivity index (χ4n) is 1.26. The Kier molecular flexibility index (Phi) is 5.11. The first kappa shape index (κ1) is 16.1. The highest BCUT2D eigenvalue weighted by atomic mass is 35.5. The molecule has 10 heteroatoms. The van der Waals surface area contributed by atoms with Gasteiger partial charge in [-0.15, -0.1) is 0 Å². The zero-order valence-corrected chi connectivity index (χ0v) is 12.0. The van der Waals surface area contributed by atoms with Gasteiger partial charge in [-0.1, -0.05) is 23.2 Å². The van der Waals surface area contributed by atoms with Crippen LogP contribution in [0.4, 0.5) is 5.69 Å². The molecule has 2 N–H and O–H groups in total. The van der Waals surface area contributed by atoms with E-state index in [-0.39, 0.29) is 5.02 Å². The average Bonchev–Trinajstić information content (AvgIpc) is 2.27. The SMILES string of the molecule is C[C@H](CO)NS(=O)(=O)c1ccc(Cl)c([N+](=O)[O-])c1Cl. The highest BCUT2D eigenvalue weighted by Crippen LogP contribution is 2.37. The molecule has 0 aliphatic rings. The molecule has 1 aromatic carbocycles. The number of nitrogens with one attached hydrogen (secondary N) is 1. The molecule has 0 unspecified atom stereocenters. The van der Waals surface area contributed by atoms with E-state index in [1.54, 1.807) is 0 Å². The van der Waals surface area contributed by atoms with Crippen molar-refractivity contribution in [2.45, 2.75) is 17.9 Å². The lowest BCUT2D eigenvalue weighted by Gasteiger charge is -2.12. The van der Waals surface area contributed by atoms with Crippen molar-refractivity contribution < 1.29 is 18.4 Å². The van der Waals surface area contributed by atoms with Crippen LogP contribution in [0.3, 0.4) is 0 Å². The first-order chi connectivity index (χ1) is 8.70. The van der Waals surface area contributed by atoms with Crippen molar-refractivity contribution in [1.29, 1.82) is 0 Å². The summed E-state index contributed by atoms with van der Waals surface area (Å²) in [7, 11) is -4.08. The molecule has 0 saturated carbocycles. The number of rotatable bonds is 5. The van der Waals surface area contributed by atoms with Gasteiger partial charge in [0.15, 0.2) is 0 Å². The van der Waals surface area contributed by atoms with Gasteiger partial charge in [-0.3, -0.25) is 10.1 Å². The maximum absolute atomic E-state index is 11.9. The zero-order chi connectivity index (χ0) is 14.8. The van der Waals surface area contributed by atoms with Crippen molar-refractivity contribution in [3.8, 4) is 0 Å². The molecule has 0 saturated heterocycles. The van der Waals surface area contributed by atoms with E-state index in [1.165, 1.54) is 6.92 Å². The summed E-state index contributed by atoms with van der Waals surface area (Å²) in [6, 6.07) is 1.38. The molecule has 0 aromatic heterocycles. The largest absolute Gasteiger partial charge is 0.395 e. The number of nitro groups is 1. The van der Waals surface area contributed by atoms with Crippen molar-refractivity contribution in [1.82, 2.24) is 4.72 Å². The summed E-state index contributed by atoms with van der Waals surface area (Å²) in [6.45, 7) is 1.00. The molecule has 0 heterocycles. The summed E-state index contributed by atoms with van der Waals surface area (Å²) in [6.07, 6.45) is 0. The van der Waals surface area contributed by atoms with Crippen LogP contribution in [0, 0.1) is 10.1 Å². The van der Waals surface area contributed by atoms with E-state index < -0.39 is 43.2 Å². The van der Waals surface area contributed by atoms with Gasteiger partial charge in [-0.25, -0.2) is 13.1 Å². The van der Waals surface area contributed by atoms with Crippen molar-refractivity contribution in [2.75, 3.05) is 6.61 Å². The first-order valence-electron chi connectivity index (χ1n) is 4.96. The Morgan fingerprint density at radius 2 is 2.05 bits per heavy atom. The van der Waals surface area contributed by atoms with E-state index in [0.29, 0.717) is 0 Å². The fraction of sp³-hybridized carbons (Fsp3) is 0.333. The number of halogens is 2. The fourth-order valence-corrected chi connectivity index (χ4v) is 3.39. The van der Waals surface area contributed by atoms with Crippen LogP contribution in [-0.4, -0.2) is 31.1 Å². The predicted octanol–water partition coefficient (Wildman–Crippen LogP) is 1.56. The minimum absolute atomic E-state index is 0.260. The second-order valence-electron chi connectivity index (χ2n) is 3.67. The van der Waals surface area contributed by atoms with Crippen molar-refractivity contribution in [3.63, 3.8) is 0 Å². The average molecular weight is 329 g/mol. The number of hydrogen-bond donors (Lipinski definition) is 2. The number of nitro benzene ring substituents is 1. The molecule has 0 fully saturated rings. The van der Waals surface area contributed by atoms with E-state index in [4.69, 9.17) is 28.3 Å². The topological polar surface area (TPSA) is 110 Å². The molecule has 19 heavy (non-hydrogen) atoms. The molecule has 1 aromatic rings. The lowest BCUT2D eigenvalue weighted by atomic mass is 10.3. The summed E-state index contributed by atoms with van der Waals surface area (Å²) in [5.74, 6) is 0. The van der Waals surface area contributed by atoms with Crippen LogP contribution in [0.2, 0.25) is 10.0 Å². The molecule has 106 valence electrons. The zero-order valence-electron chi connectivity index (χ0n) is 9.63. The quantitative estimate of drug-likeness (QED) is 0.629. The third-order valence-electron chi connectivity index (χ3n) is 2.13. The van der Waals surface area contributed by atoms with Crippen LogP contribution in [-0.2, 0) is 10.0 Å². The molecule has 0 spiro atoms. The number of hydrogen-bond acceptors (Lipinski definition) is 5. The molecule has 1 rings (SSSR count). The highest BCUT2D eigenvalue weighted by Gasteiger charge is 2.28. The Labute approximate surface area is 119 Å². The van der Waals surface area contributed by atoms with Crippen molar-refractivity contribution in [3.05, 3.63) is 32.3 Å². The van der Waals surface area contributed by atoms with Crippen molar-refractivity contribution in [2.24, 2.45) is 0 Å². The van der Waals surface area contributed by atoms with Gasteiger partial charge in [0, 0.05) is 6.04 Å². The maximum atomic E-state index is 11.9. The molecular weight excluding hydrogens is 319 g/mol. The first-order valence-corrected chi connectivity index (χ1v) is 7.20. The van der Waals surface area contributed by atoms with Crippen molar-refractivity contribution >= 4 is 38.9 Å². The predicted molar refractivity (Wildman–Crippen MR) is 70.0 cm³/mol. The number of sulfonamides is 1. The van der Waals surface area contributed by atoms with Crippen LogP contribution >= 0.6 is 23.2 Å². The minimum atomic E-state index is -4.08. The van der Waals surface area contributed by atoms with Gasteiger partial charge in [0.05, 0.1) is 11.5 Å². The van der Waals surface area contributed by atoms with Gasteiger partial charge in [0.25, 0.3) is 0 Å². The van der Waals surface area contributed by atoms with Gasteiger partial charge in [0.2, 0.25) is 10.0 Å². The summed E-state index contributed by atoms with van der Waals surface area (Å²) >= 11 is 11.3. The number of benzene rings is 1. The Morgan fingerprint density at radius 1 is 1.47 bits per heavy atom. The number of aliphatic hydroxyl groups is 1. The molecule has 0 aliphatic heterocycles. The monoisotopic (exact) mass is 328 g/mol. The maximum Gasteiger partial charge on any atom is 0.307 e.